The minimum atomic E-state index is -0.313. The van der Waals surface area contributed by atoms with Gasteiger partial charge in [0.1, 0.15) is 10.1 Å². The first-order valence-electron chi connectivity index (χ1n) is 5.15. The zero-order chi connectivity index (χ0) is 12.2. The van der Waals surface area contributed by atoms with Crippen LogP contribution in [0.25, 0.3) is 16.8 Å². The molecule has 0 saturated carbocycles. The molecule has 2 N–H and O–H groups in total. The van der Waals surface area contributed by atoms with Crippen molar-refractivity contribution in [2.45, 2.75) is 6.54 Å². The number of para-hydroxylation sites is 1. The van der Waals surface area contributed by atoms with Crippen molar-refractivity contribution in [2.24, 2.45) is 12.8 Å². The lowest BCUT2D eigenvalue weighted by atomic mass is 10.3. The zero-order valence-corrected chi connectivity index (χ0v) is 10.7. The molecule has 88 valence electrons. The van der Waals surface area contributed by atoms with E-state index in [0.717, 1.165) is 15.8 Å². The van der Waals surface area contributed by atoms with Gasteiger partial charge < -0.3 is 10.3 Å². The molecular formula is C11H10BrFN4. The number of nitrogens with zero attached hydrogens (tertiary/aromatic N) is 3. The summed E-state index contributed by atoms with van der Waals surface area (Å²) in [5.74, 6) is 0.366. The van der Waals surface area contributed by atoms with Crippen molar-refractivity contribution in [3.63, 3.8) is 0 Å². The molecule has 0 aliphatic rings. The Labute approximate surface area is 105 Å². The molecule has 1 aromatic carbocycles. The summed E-state index contributed by atoms with van der Waals surface area (Å²) in [6.07, 6.45) is 0. The van der Waals surface area contributed by atoms with E-state index in [1.165, 1.54) is 6.07 Å². The number of imidazole rings is 2. The molecule has 17 heavy (non-hydrogen) atoms. The van der Waals surface area contributed by atoms with Crippen molar-refractivity contribution < 1.29 is 4.39 Å². The molecule has 0 atom stereocenters. The maximum absolute atomic E-state index is 13.6. The molecule has 4 nitrogen and oxygen atoms in total. The highest BCUT2D eigenvalue weighted by Crippen LogP contribution is 2.27. The summed E-state index contributed by atoms with van der Waals surface area (Å²) in [7, 11) is 1.87. The highest BCUT2D eigenvalue weighted by atomic mass is 79.9. The number of benzene rings is 1. The summed E-state index contributed by atoms with van der Waals surface area (Å²) >= 11 is 3.49. The Balaban J connectivity index is 2.57. The van der Waals surface area contributed by atoms with Crippen molar-refractivity contribution >= 4 is 32.7 Å². The van der Waals surface area contributed by atoms with Crippen LogP contribution in [-0.2, 0) is 13.6 Å². The van der Waals surface area contributed by atoms with Crippen LogP contribution in [0.15, 0.2) is 22.8 Å². The standard InChI is InChI=1S/C11H10BrFN4/c1-16-8(5-14)10(12)17-7-4-2-3-6(13)9(7)15-11(16)17/h2-4H,5,14H2,1H3. The number of rotatable bonds is 1. The molecule has 2 aromatic heterocycles. The van der Waals surface area contributed by atoms with Gasteiger partial charge in [-0.05, 0) is 28.1 Å². The number of nitrogens with two attached hydrogens (primary N) is 1. The average molecular weight is 297 g/mol. The van der Waals surface area contributed by atoms with E-state index in [4.69, 9.17) is 5.73 Å². The molecule has 0 amide bonds. The Bertz CT molecular complexity index is 728. The van der Waals surface area contributed by atoms with Crippen molar-refractivity contribution in [3.8, 4) is 0 Å². The fourth-order valence-corrected chi connectivity index (χ4v) is 2.86. The second kappa shape index (κ2) is 3.54. The quantitative estimate of drug-likeness (QED) is 0.748. The predicted octanol–water partition coefficient (Wildman–Crippen LogP) is 2.19. The summed E-state index contributed by atoms with van der Waals surface area (Å²) in [6.45, 7) is 0.400. The fourth-order valence-electron chi connectivity index (χ4n) is 2.08. The Kier molecular flexibility index (Phi) is 2.24. The minimum Gasteiger partial charge on any atom is -0.325 e. The Morgan fingerprint density at radius 1 is 1.47 bits per heavy atom. The lowest BCUT2D eigenvalue weighted by molar-refractivity contribution is 0.637. The van der Waals surface area contributed by atoms with Crippen LogP contribution in [0.2, 0.25) is 0 Å². The highest BCUT2D eigenvalue weighted by Gasteiger charge is 2.17. The van der Waals surface area contributed by atoms with Gasteiger partial charge in [-0.3, -0.25) is 4.40 Å². The first-order chi connectivity index (χ1) is 8.15. The molecule has 0 saturated heterocycles. The van der Waals surface area contributed by atoms with Crippen LogP contribution in [0.5, 0.6) is 0 Å². The molecule has 3 rings (SSSR count). The number of hydrogen-bond donors (Lipinski definition) is 1. The van der Waals surface area contributed by atoms with E-state index in [2.05, 4.69) is 20.9 Å². The molecular weight excluding hydrogens is 287 g/mol. The summed E-state index contributed by atoms with van der Waals surface area (Å²) in [6, 6.07) is 4.92. The van der Waals surface area contributed by atoms with Gasteiger partial charge in [-0.2, -0.15) is 0 Å². The zero-order valence-electron chi connectivity index (χ0n) is 9.11. The second-order valence-electron chi connectivity index (χ2n) is 3.86. The number of aryl methyl sites for hydroxylation is 1. The van der Waals surface area contributed by atoms with E-state index in [-0.39, 0.29) is 5.82 Å². The molecule has 0 aliphatic carbocycles. The lowest BCUT2D eigenvalue weighted by Crippen LogP contribution is -2.04. The Morgan fingerprint density at radius 3 is 2.94 bits per heavy atom. The van der Waals surface area contributed by atoms with Gasteiger partial charge in [-0.15, -0.1) is 0 Å². The van der Waals surface area contributed by atoms with Crippen molar-refractivity contribution in [1.29, 1.82) is 0 Å². The van der Waals surface area contributed by atoms with E-state index in [1.807, 2.05) is 22.1 Å². The van der Waals surface area contributed by atoms with E-state index < -0.39 is 0 Å². The van der Waals surface area contributed by atoms with Crippen molar-refractivity contribution in [1.82, 2.24) is 14.0 Å². The van der Waals surface area contributed by atoms with Crippen LogP contribution in [0.3, 0.4) is 0 Å². The van der Waals surface area contributed by atoms with Gasteiger partial charge in [0.2, 0.25) is 5.78 Å². The van der Waals surface area contributed by atoms with Gasteiger partial charge in [0.05, 0.1) is 11.2 Å². The fraction of sp³-hybridized carbons (Fsp3) is 0.182. The van der Waals surface area contributed by atoms with Gasteiger partial charge >= 0.3 is 0 Å². The van der Waals surface area contributed by atoms with Crippen LogP contribution >= 0.6 is 15.9 Å². The third kappa shape index (κ3) is 1.28. The second-order valence-corrected chi connectivity index (χ2v) is 4.61. The van der Waals surface area contributed by atoms with Gasteiger partial charge in [0.25, 0.3) is 0 Å². The molecule has 3 aromatic rings. The molecule has 0 radical (unpaired) electrons. The Morgan fingerprint density at radius 2 is 2.24 bits per heavy atom. The number of aromatic nitrogens is 3. The van der Waals surface area contributed by atoms with Crippen LogP contribution in [0, 0.1) is 5.82 Å². The maximum atomic E-state index is 13.6. The number of hydrogen-bond acceptors (Lipinski definition) is 2. The number of fused-ring (bicyclic) bond motifs is 3. The molecule has 0 fully saturated rings. The lowest BCUT2D eigenvalue weighted by Gasteiger charge is -1.98. The maximum Gasteiger partial charge on any atom is 0.216 e. The molecule has 2 heterocycles. The van der Waals surface area contributed by atoms with Gasteiger partial charge in [-0.1, -0.05) is 6.07 Å². The summed E-state index contributed by atoms with van der Waals surface area (Å²) < 4.78 is 18.2. The molecule has 0 bridgehead atoms. The molecule has 0 spiro atoms. The van der Waals surface area contributed by atoms with Crippen molar-refractivity contribution in [3.05, 3.63) is 34.3 Å². The summed E-state index contributed by atoms with van der Waals surface area (Å²) in [4.78, 5) is 4.31. The first kappa shape index (κ1) is 10.7. The summed E-state index contributed by atoms with van der Waals surface area (Å²) in [5, 5.41) is 0. The minimum absolute atomic E-state index is 0.313. The average Bonchev–Trinajstić information content (AvgIpc) is 2.79. The smallest absolute Gasteiger partial charge is 0.216 e. The summed E-state index contributed by atoms with van der Waals surface area (Å²) in [5.41, 5.74) is 7.73. The molecule has 0 aliphatic heterocycles. The van der Waals surface area contributed by atoms with Crippen LogP contribution < -0.4 is 5.73 Å². The predicted molar refractivity (Wildman–Crippen MR) is 67.2 cm³/mol. The van der Waals surface area contributed by atoms with Crippen molar-refractivity contribution in [2.75, 3.05) is 0 Å². The Hall–Kier alpha value is -1.40. The van der Waals surface area contributed by atoms with Gasteiger partial charge in [-0.25, -0.2) is 9.37 Å². The largest absolute Gasteiger partial charge is 0.325 e. The van der Waals surface area contributed by atoms with Gasteiger partial charge in [0.15, 0.2) is 5.82 Å². The SMILES string of the molecule is Cn1c(CN)c(Br)n2c3cccc(F)c3nc12. The molecule has 0 unspecified atom stereocenters. The third-order valence-corrected chi connectivity index (χ3v) is 3.76. The normalized spacial score (nSPS) is 11.8. The van der Waals surface area contributed by atoms with Crippen LogP contribution in [0.1, 0.15) is 5.69 Å². The third-order valence-electron chi connectivity index (χ3n) is 2.95. The van der Waals surface area contributed by atoms with E-state index >= 15 is 0 Å². The van der Waals surface area contributed by atoms with Gasteiger partial charge in [0, 0.05) is 13.6 Å². The molecule has 6 heteroatoms. The highest BCUT2D eigenvalue weighted by molar-refractivity contribution is 9.10. The first-order valence-corrected chi connectivity index (χ1v) is 5.94. The van der Waals surface area contributed by atoms with E-state index in [0.29, 0.717) is 17.8 Å². The monoisotopic (exact) mass is 296 g/mol. The van der Waals surface area contributed by atoms with Crippen LogP contribution in [-0.4, -0.2) is 14.0 Å². The number of halogens is 2. The van der Waals surface area contributed by atoms with E-state index in [1.54, 1.807) is 6.07 Å². The topological polar surface area (TPSA) is 48.2 Å². The van der Waals surface area contributed by atoms with E-state index in [9.17, 15) is 4.39 Å². The van der Waals surface area contributed by atoms with Crippen LogP contribution in [0.4, 0.5) is 4.39 Å².